The lowest BCUT2D eigenvalue weighted by molar-refractivity contribution is 0.558. The number of hydrogen-bond donors (Lipinski definition) is 0. The fourth-order valence-electron chi connectivity index (χ4n) is 1.62. The van der Waals surface area contributed by atoms with Gasteiger partial charge in [-0.3, -0.25) is 0 Å². The van der Waals surface area contributed by atoms with Crippen LogP contribution in [-0.2, 0) is 0 Å². The zero-order valence-corrected chi connectivity index (χ0v) is 9.57. The van der Waals surface area contributed by atoms with Crippen LogP contribution in [0.3, 0.4) is 0 Å². The van der Waals surface area contributed by atoms with E-state index in [2.05, 4.69) is 15.8 Å². The van der Waals surface area contributed by atoms with Gasteiger partial charge in [-0.25, -0.2) is 4.79 Å². The van der Waals surface area contributed by atoms with Crippen LogP contribution in [0.25, 0.3) is 17.0 Å². The molecule has 0 aliphatic rings. The minimum Gasteiger partial charge on any atom is -0.422 e. The van der Waals surface area contributed by atoms with Crippen LogP contribution < -0.4 is 10.9 Å². The quantitative estimate of drug-likeness (QED) is 0.542. The third kappa shape index (κ3) is 1.62. The molecule has 0 aliphatic carbocycles. The van der Waals surface area contributed by atoms with Crippen molar-refractivity contribution in [3.8, 4) is 0 Å². The van der Waals surface area contributed by atoms with Crippen LogP contribution in [0.5, 0.6) is 0 Å². The van der Waals surface area contributed by atoms with Crippen LogP contribution in [0.1, 0.15) is 11.1 Å². The van der Waals surface area contributed by atoms with Gasteiger partial charge in [0.25, 0.3) is 0 Å². The molecule has 0 saturated heterocycles. The Morgan fingerprint density at radius 2 is 2.20 bits per heavy atom. The predicted octanol–water partition coefficient (Wildman–Crippen LogP) is 2.24. The van der Waals surface area contributed by atoms with Crippen molar-refractivity contribution in [2.24, 2.45) is 0 Å². The number of benzene rings is 1. The predicted molar refractivity (Wildman–Crippen MR) is 66.7 cm³/mol. The Labute approximate surface area is 89.8 Å². The molecule has 1 unspecified atom stereocenters. The summed E-state index contributed by atoms with van der Waals surface area (Å²) in [6.45, 7) is 5.52. The second kappa shape index (κ2) is 3.63. The third-order valence-corrected chi connectivity index (χ3v) is 2.80. The van der Waals surface area contributed by atoms with E-state index in [1.807, 2.05) is 19.1 Å². The van der Waals surface area contributed by atoms with Crippen LogP contribution >= 0.6 is 9.24 Å². The molecule has 0 saturated carbocycles. The van der Waals surface area contributed by atoms with E-state index in [1.165, 1.54) is 6.08 Å². The van der Waals surface area contributed by atoms with Gasteiger partial charge < -0.3 is 4.42 Å². The van der Waals surface area contributed by atoms with Crippen molar-refractivity contribution in [2.75, 3.05) is 0 Å². The maximum Gasteiger partial charge on any atom is 0.343 e. The van der Waals surface area contributed by atoms with Gasteiger partial charge in [-0.05, 0) is 29.9 Å². The SMILES string of the molecule is C=Cc1c(C)c2cc(P)ccc2oc1=O. The molecule has 0 radical (unpaired) electrons. The second-order valence-corrected chi connectivity index (χ2v) is 4.05. The third-order valence-electron chi connectivity index (χ3n) is 2.44. The summed E-state index contributed by atoms with van der Waals surface area (Å²) in [5, 5.41) is 2.02. The lowest BCUT2D eigenvalue weighted by Gasteiger charge is -2.04. The Kier molecular flexibility index (Phi) is 2.45. The largest absolute Gasteiger partial charge is 0.422 e. The summed E-state index contributed by atoms with van der Waals surface area (Å²) in [7, 11) is 2.62. The molecule has 3 heteroatoms. The number of aryl methyl sites for hydroxylation is 1. The smallest absolute Gasteiger partial charge is 0.343 e. The molecule has 2 aromatic rings. The Balaban J connectivity index is 2.98. The molecule has 1 aromatic heterocycles. The van der Waals surface area contributed by atoms with Crippen molar-refractivity contribution in [1.29, 1.82) is 0 Å². The van der Waals surface area contributed by atoms with Gasteiger partial charge in [-0.2, -0.15) is 0 Å². The monoisotopic (exact) mass is 218 g/mol. The molecule has 15 heavy (non-hydrogen) atoms. The van der Waals surface area contributed by atoms with Crippen molar-refractivity contribution in [2.45, 2.75) is 6.92 Å². The first-order chi connectivity index (χ1) is 7.13. The van der Waals surface area contributed by atoms with Crippen LogP contribution in [0.15, 0.2) is 34.0 Å². The summed E-state index contributed by atoms with van der Waals surface area (Å²) >= 11 is 0. The molecule has 0 spiro atoms. The Hall–Kier alpha value is -1.40. The van der Waals surface area contributed by atoms with Crippen LogP contribution in [-0.4, -0.2) is 0 Å². The van der Waals surface area contributed by atoms with Crippen LogP contribution in [0.4, 0.5) is 0 Å². The molecule has 76 valence electrons. The molecule has 1 aromatic carbocycles. The second-order valence-electron chi connectivity index (χ2n) is 3.39. The van der Waals surface area contributed by atoms with Gasteiger partial charge in [-0.15, -0.1) is 9.24 Å². The standard InChI is InChI=1S/C12H11O2P/c1-3-9-7(2)10-6-8(15)4-5-11(10)14-12(9)13/h3-6H,1,15H2,2H3. The van der Waals surface area contributed by atoms with Crippen molar-refractivity contribution >= 4 is 31.6 Å². The van der Waals surface area contributed by atoms with Crippen LogP contribution in [0.2, 0.25) is 0 Å². The van der Waals surface area contributed by atoms with Gasteiger partial charge in [0.15, 0.2) is 0 Å². The fraction of sp³-hybridized carbons (Fsp3) is 0.0833. The highest BCUT2D eigenvalue weighted by Gasteiger charge is 2.07. The highest BCUT2D eigenvalue weighted by Crippen LogP contribution is 2.19. The zero-order chi connectivity index (χ0) is 11.0. The van der Waals surface area contributed by atoms with Gasteiger partial charge in [0.2, 0.25) is 0 Å². The molecular weight excluding hydrogens is 207 g/mol. The van der Waals surface area contributed by atoms with E-state index in [-0.39, 0.29) is 5.63 Å². The lowest BCUT2D eigenvalue weighted by Crippen LogP contribution is -2.06. The molecular formula is C12H11O2P. The summed E-state index contributed by atoms with van der Waals surface area (Å²) in [6.07, 6.45) is 1.54. The molecule has 2 rings (SSSR count). The van der Waals surface area contributed by atoms with Crippen molar-refractivity contribution in [3.63, 3.8) is 0 Å². The first-order valence-corrected chi connectivity index (χ1v) is 5.16. The van der Waals surface area contributed by atoms with Crippen molar-refractivity contribution in [1.82, 2.24) is 0 Å². The summed E-state index contributed by atoms with van der Waals surface area (Å²) in [5.41, 5.74) is 1.75. The van der Waals surface area contributed by atoms with E-state index in [1.54, 1.807) is 6.07 Å². The minimum atomic E-state index is -0.327. The molecule has 1 atom stereocenters. The number of rotatable bonds is 1. The van der Waals surface area contributed by atoms with Gasteiger partial charge in [0.1, 0.15) is 5.58 Å². The molecule has 0 aliphatic heterocycles. The van der Waals surface area contributed by atoms with E-state index in [4.69, 9.17) is 4.42 Å². The average molecular weight is 218 g/mol. The van der Waals surface area contributed by atoms with Gasteiger partial charge in [-0.1, -0.05) is 18.7 Å². The molecule has 2 nitrogen and oxygen atoms in total. The van der Waals surface area contributed by atoms with Gasteiger partial charge >= 0.3 is 5.63 Å². The fourth-order valence-corrected chi connectivity index (χ4v) is 1.88. The molecule has 1 heterocycles. The summed E-state index contributed by atoms with van der Waals surface area (Å²) in [5.74, 6) is 0. The zero-order valence-electron chi connectivity index (χ0n) is 8.41. The molecule has 0 amide bonds. The van der Waals surface area contributed by atoms with E-state index < -0.39 is 0 Å². The maximum absolute atomic E-state index is 11.5. The molecule has 0 N–H and O–H groups in total. The maximum atomic E-state index is 11.5. The summed E-state index contributed by atoms with van der Waals surface area (Å²) < 4.78 is 5.18. The lowest BCUT2D eigenvalue weighted by atomic mass is 10.1. The normalized spacial score (nSPS) is 10.5. The molecule has 0 fully saturated rings. The van der Waals surface area contributed by atoms with E-state index in [9.17, 15) is 4.79 Å². The van der Waals surface area contributed by atoms with Gasteiger partial charge in [0.05, 0.1) is 5.56 Å². The van der Waals surface area contributed by atoms with E-state index in [0.29, 0.717) is 11.1 Å². The highest BCUT2D eigenvalue weighted by atomic mass is 31.0. The van der Waals surface area contributed by atoms with Crippen LogP contribution in [0, 0.1) is 6.92 Å². The first-order valence-electron chi connectivity index (χ1n) is 4.59. The number of hydrogen-bond acceptors (Lipinski definition) is 2. The molecule has 0 bridgehead atoms. The minimum absolute atomic E-state index is 0.327. The average Bonchev–Trinajstić information content (AvgIpc) is 2.20. The Morgan fingerprint density at radius 1 is 1.47 bits per heavy atom. The first kappa shape index (κ1) is 10.1. The number of fused-ring (bicyclic) bond motifs is 1. The van der Waals surface area contributed by atoms with E-state index in [0.717, 1.165) is 16.3 Å². The van der Waals surface area contributed by atoms with Gasteiger partial charge in [0, 0.05) is 5.39 Å². The highest BCUT2D eigenvalue weighted by molar-refractivity contribution is 7.27. The topological polar surface area (TPSA) is 30.2 Å². The van der Waals surface area contributed by atoms with E-state index >= 15 is 0 Å². The summed E-state index contributed by atoms with van der Waals surface area (Å²) in [4.78, 5) is 11.5. The Morgan fingerprint density at radius 3 is 2.87 bits per heavy atom. The van der Waals surface area contributed by atoms with Crippen molar-refractivity contribution < 1.29 is 4.42 Å². The van der Waals surface area contributed by atoms with Crippen molar-refractivity contribution in [3.05, 3.63) is 46.3 Å². The Bertz CT molecular complexity index is 596. The summed E-state index contributed by atoms with van der Waals surface area (Å²) in [6, 6.07) is 5.67.